The largest absolute Gasteiger partial charge is 0.461 e. The Morgan fingerprint density at radius 2 is 1.90 bits per heavy atom. The molecule has 1 heterocycles. The summed E-state index contributed by atoms with van der Waals surface area (Å²) in [4.78, 5) is 12.0. The summed E-state index contributed by atoms with van der Waals surface area (Å²) in [5, 5.41) is 0. The van der Waals surface area contributed by atoms with E-state index in [1.807, 2.05) is 36.7 Å². The van der Waals surface area contributed by atoms with Crippen LogP contribution < -0.4 is 0 Å². The van der Waals surface area contributed by atoms with Gasteiger partial charge in [-0.05, 0) is 50.3 Å². The lowest BCUT2D eigenvalue weighted by molar-refractivity contribution is 0.0512. The van der Waals surface area contributed by atoms with Crippen molar-refractivity contribution in [2.75, 3.05) is 6.61 Å². The minimum Gasteiger partial charge on any atom is -0.461 e. The van der Waals surface area contributed by atoms with Crippen molar-refractivity contribution >= 4 is 5.97 Å². The highest BCUT2D eigenvalue weighted by Crippen LogP contribution is 2.14. The lowest BCUT2D eigenvalue weighted by Gasteiger charge is -2.09. The Bertz CT molecular complexity index is 572. The number of nitrogens with zero attached hydrogens (tertiary/aromatic N) is 1. The second-order valence-electron chi connectivity index (χ2n) is 5.20. The van der Waals surface area contributed by atoms with E-state index in [2.05, 4.69) is 24.3 Å². The summed E-state index contributed by atoms with van der Waals surface area (Å²) in [5.74, 6) is -0.219. The molecule has 0 N–H and O–H groups in total. The third-order valence-electron chi connectivity index (χ3n) is 3.59. The van der Waals surface area contributed by atoms with Crippen LogP contribution in [0.2, 0.25) is 0 Å². The maximum atomic E-state index is 12.0. The zero-order valence-electron chi connectivity index (χ0n) is 12.8. The van der Waals surface area contributed by atoms with E-state index in [-0.39, 0.29) is 5.97 Å². The van der Waals surface area contributed by atoms with Gasteiger partial charge >= 0.3 is 5.97 Å². The van der Waals surface area contributed by atoms with Gasteiger partial charge in [0.2, 0.25) is 0 Å². The van der Waals surface area contributed by atoms with Gasteiger partial charge in [0.1, 0.15) is 5.69 Å². The molecule has 2 aromatic rings. The predicted molar refractivity (Wildman–Crippen MR) is 84.5 cm³/mol. The van der Waals surface area contributed by atoms with Gasteiger partial charge in [-0.2, -0.15) is 0 Å². The van der Waals surface area contributed by atoms with Gasteiger partial charge in [-0.3, -0.25) is 0 Å². The highest BCUT2D eigenvalue weighted by molar-refractivity contribution is 5.89. The van der Waals surface area contributed by atoms with E-state index in [1.54, 1.807) is 0 Å². The molecule has 0 unspecified atom stereocenters. The number of carbonyl (C=O) groups is 1. The first-order valence-corrected chi connectivity index (χ1v) is 7.59. The van der Waals surface area contributed by atoms with E-state index in [0.717, 1.165) is 31.4 Å². The summed E-state index contributed by atoms with van der Waals surface area (Å²) in [6.45, 7) is 5.05. The minimum absolute atomic E-state index is 0.219. The van der Waals surface area contributed by atoms with Gasteiger partial charge in [0.05, 0.1) is 6.61 Å². The van der Waals surface area contributed by atoms with E-state index in [4.69, 9.17) is 4.74 Å². The fourth-order valence-corrected chi connectivity index (χ4v) is 2.50. The van der Waals surface area contributed by atoms with Crippen molar-refractivity contribution in [3.8, 4) is 0 Å². The van der Waals surface area contributed by atoms with E-state index in [9.17, 15) is 4.79 Å². The molecule has 0 bridgehead atoms. The lowest BCUT2D eigenvalue weighted by atomic mass is 10.1. The quantitative estimate of drug-likeness (QED) is 0.569. The number of carbonyl (C=O) groups excluding carboxylic acids is 1. The van der Waals surface area contributed by atoms with Crippen molar-refractivity contribution in [1.29, 1.82) is 0 Å². The second kappa shape index (κ2) is 7.67. The average Bonchev–Trinajstić information content (AvgIpc) is 2.86. The van der Waals surface area contributed by atoms with Gasteiger partial charge < -0.3 is 9.30 Å². The first-order chi connectivity index (χ1) is 10.2. The monoisotopic (exact) mass is 285 g/mol. The molecule has 0 saturated heterocycles. The fraction of sp³-hybridized carbons (Fsp3) is 0.389. The Morgan fingerprint density at radius 3 is 2.62 bits per heavy atom. The van der Waals surface area contributed by atoms with Crippen LogP contribution in [-0.2, 0) is 17.7 Å². The van der Waals surface area contributed by atoms with Crippen LogP contribution in [-0.4, -0.2) is 17.1 Å². The summed E-state index contributed by atoms with van der Waals surface area (Å²) >= 11 is 0. The highest BCUT2D eigenvalue weighted by Gasteiger charge is 2.15. The fourth-order valence-electron chi connectivity index (χ4n) is 2.50. The van der Waals surface area contributed by atoms with Crippen LogP contribution >= 0.6 is 0 Å². The molecule has 3 nitrogen and oxygen atoms in total. The van der Waals surface area contributed by atoms with Crippen molar-refractivity contribution < 1.29 is 9.53 Å². The first-order valence-electron chi connectivity index (χ1n) is 7.59. The molecule has 112 valence electrons. The van der Waals surface area contributed by atoms with Gasteiger partial charge in [0, 0.05) is 12.7 Å². The molecule has 2 rings (SSSR count). The smallest absolute Gasteiger partial charge is 0.355 e. The summed E-state index contributed by atoms with van der Waals surface area (Å²) in [6, 6.07) is 12.5. The van der Waals surface area contributed by atoms with Crippen molar-refractivity contribution in [3.63, 3.8) is 0 Å². The zero-order chi connectivity index (χ0) is 15.1. The maximum Gasteiger partial charge on any atom is 0.355 e. The molecule has 0 aliphatic heterocycles. The molecule has 0 aliphatic rings. The van der Waals surface area contributed by atoms with Crippen LogP contribution in [0.3, 0.4) is 0 Å². The molecule has 21 heavy (non-hydrogen) atoms. The Kier molecular flexibility index (Phi) is 5.61. The summed E-state index contributed by atoms with van der Waals surface area (Å²) < 4.78 is 7.14. The standard InChI is InChI=1S/C18H23NO2/c1-3-21-18(20)17-15(2)12-14-19(17)13-8-7-11-16-9-5-4-6-10-16/h4-6,9-10,12,14H,3,7-8,11,13H2,1-2H3. The zero-order valence-corrected chi connectivity index (χ0v) is 12.8. The number of rotatable bonds is 7. The second-order valence-corrected chi connectivity index (χ2v) is 5.20. The van der Waals surface area contributed by atoms with Crippen LogP contribution in [0.1, 0.15) is 41.4 Å². The van der Waals surface area contributed by atoms with Crippen LogP contribution in [0, 0.1) is 6.92 Å². The van der Waals surface area contributed by atoms with Gasteiger partial charge in [0.15, 0.2) is 0 Å². The number of hydrogen-bond acceptors (Lipinski definition) is 2. The Hall–Kier alpha value is -2.03. The number of unbranched alkanes of at least 4 members (excludes halogenated alkanes) is 1. The number of esters is 1. The molecule has 0 radical (unpaired) electrons. The van der Waals surface area contributed by atoms with Crippen LogP contribution in [0.5, 0.6) is 0 Å². The number of aromatic nitrogens is 1. The minimum atomic E-state index is -0.219. The molecule has 1 aromatic carbocycles. The van der Waals surface area contributed by atoms with Crippen LogP contribution in [0.15, 0.2) is 42.6 Å². The topological polar surface area (TPSA) is 31.2 Å². The molecule has 1 aromatic heterocycles. The summed E-state index contributed by atoms with van der Waals surface area (Å²) in [5.41, 5.74) is 3.04. The molecule has 0 fully saturated rings. The van der Waals surface area contributed by atoms with Crippen molar-refractivity contribution in [2.45, 2.75) is 39.7 Å². The summed E-state index contributed by atoms with van der Waals surface area (Å²) in [6.07, 6.45) is 5.22. The van der Waals surface area contributed by atoms with E-state index in [1.165, 1.54) is 5.56 Å². The van der Waals surface area contributed by atoms with Crippen LogP contribution in [0.25, 0.3) is 0 Å². The van der Waals surface area contributed by atoms with Gasteiger partial charge in [-0.1, -0.05) is 30.3 Å². The van der Waals surface area contributed by atoms with Gasteiger partial charge in [0.25, 0.3) is 0 Å². The Balaban J connectivity index is 1.87. The van der Waals surface area contributed by atoms with Gasteiger partial charge in [-0.15, -0.1) is 0 Å². The lowest BCUT2D eigenvalue weighted by Crippen LogP contribution is -2.13. The van der Waals surface area contributed by atoms with E-state index in [0.29, 0.717) is 12.3 Å². The SMILES string of the molecule is CCOC(=O)c1c(C)ccn1CCCCc1ccccc1. The van der Waals surface area contributed by atoms with Crippen molar-refractivity contribution in [2.24, 2.45) is 0 Å². The van der Waals surface area contributed by atoms with E-state index < -0.39 is 0 Å². The van der Waals surface area contributed by atoms with Crippen molar-refractivity contribution in [3.05, 3.63) is 59.4 Å². The highest BCUT2D eigenvalue weighted by atomic mass is 16.5. The Morgan fingerprint density at radius 1 is 1.14 bits per heavy atom. The molecule has 0 saturated carbocycles. The number of ether oxygens (including phenoxy) is 1. The van der Waals surface area contributed by atoms with E-state index >= 15 is 0 Å². The third kappa shape index (κ3) is 4.22. The number of benzene rings is 1. The molecule has 0 aliphatic carbocycles. The molecule has 0 atom stereocenters. The van der Waals surface area contributed by atoms with Gasteiger partial charge in [-0.25, -0.2) is 4.79 Å². The summed E-state index contributed by atoms with van der Waals surface area (Å²) in [7, 11) is 0. The molecular weight excluding hydrogens is 262 g/mol. The van der Waals surface area contributed by atoms with Crippen LogP contribution in [0.4, 0.5) is 0 Å². The first kappa shape index (κ1) is 15.4. The molecule has 0 amide bonds. The third-order valence-corrected chi connectivity index (χ3v) is 3.59. The maximum absolute atomic E-state index is 12.0. The van der Waals surface area contributed by atoms with Crippen molar-refractivity contribution in [1.82, 2.24) is 4.57 Å². The average molecular weight is 285 g/mol. The number of hydrogen-bond donors (Lipinski definition) is 0. The molecular formula is C18H23NO2. The molecule has 0 spiro atoms. The molecule has 3 heteroatoms. The number of aryl methyl sites for hydroxylation is 3. The predicted octanol–water partition coefficient (Wildman–Crippen LogP) is 4.00. The normalized spacial score (nSPS) is 10.6. The Labute approximate surface area is 126 Å².